The second kappa shape index (κ2) is 17.7. The maximum atomic E-state index is 15.0. The van der Waals surface area contributed by atoms with Crippen molar-refractivity contribution in [1.29, 1.82) is 0 Å². The van der Waals surface area contributed by atoms with Crippen molar-refractivity contribution >= 4 is 17.9 Å². The minimum Gasteiger partial charge on any atom is -0.494 e. The maximum absolute atomic E-state index is 15.0. The van der Waals surface area contributed by atoms with Crippen LogP contribution in [0.15, 0.2) is 30.3 Å². The molecular weight excluding hydrogens is 610 g/mol. The van der Waals surface area contributed by atoms with Crippen LogP contribution < -0.4 is 4.74 Å². The van der Waals surface area contributed by atoms with E-state index in [1.807, 2.05) is 20.8 Å². The van der Waals surface area contributed by atoms with Crippen molar-refractivity contribution in [3.8, 4) is 5.75 Å². The fourth-order valence-electron chi connectivity index (χ4n) is 5.49. The largest absolute Gasteiger partial charge is 0.494 e. The molecule has 0 spiro atoms. The standard InChI is InChI=1S/C34H47ClF2O8/c1-6-9-16-42-30-31(43-17-10-7-2)33(21-38,22-39)45-34(41-5,32(30)44-18-11-8-3)25-13-14-26(35)24(20-25)19-23-12-15-27(40-4)29(37)28(23)36/h12-15,20-21,30-32,39H,6-11,16-19,22H2,1-5H3/t30-,31-,32+,33+,34-/m0/s1. The number of hydrogen-bond acceptors (Lipinski definition) is 8. The molecule has 1 aliphatic rings. The highest BCUT2D eigenvalue weighted by molar-refractivity contribution is 6.31. The molecule has 1 aliphatic heterocycles. The molecule has 2 aromatic carbocycles. The predicted octanol–water partition coefficient (Wildman–Crippen LogP) is 6.53. The number of hydrogen-bond donors (Lipinski definition) is 1. The molecule has 1 saturated heterocycles. The Morgan fingerprint density at radius 3 is 2.07 bits per heavy atom. The normalized spacial score (nSPS) is 25.0. The Hall–Kier alpha value is -2.18. The van der Waals surface area contributed by atoms with Crippen molar-refractivity contribution in [2.75, 3.05) is 40.6 Å². The number of aldehydes is 1. The van der Waals surface area contributed by atoms with Gasteiger partial charge in [-0.15, -0.1) is 0 Å². The number of carbonyl (C=O) groups is 1. The first kappa shape index (κ1) is 37.3. The third-order valence-electron chi connectivity index (χ3n) is 8.12. The van der Waals surface area contributed by atoms with E-state index in [0.29, 0.717) is 42.3 Å². The second-order valence-corrected chi connectivity index (χ2v) is 11.6. The molecule has 11 heteroatoms. The van der Waals surface area contributed by atoms with Crippen LogP contribution in [0, 0.1) is 11.6 Å². The zero-order valence-electron chi connectivity index (χ0n) is 26.9. The molecule has 1 heterocycles. The van der Waals surface area contributed by atoms with E-state index in [2.05, 4.69) is 0 Å². The maximum Gasteiger partial charge on any atom is 0.225 e. The van der Waals surface area contributed by atoms with E-state index in [0.717, 1.165) is 38.5 Å². The molecule has 45 heavy (non-hydrogen) atoms. The van der Waals surface area contributed by atoms with Gasteiger partial charge in [0.1, 0.15) is 18.3 Å². The average Bonchev–Trinajstić information content (AvgIpc) is 3.05. The summed E-state index contributed by atoms with van der Waals surface area (Å²) in [6.07, 6.45) is 2.37. The van der Waals surface area contributed by atoms with Gasteiger partial charge >= 0.3 is 0 Å². The van der Waals surface area contributed by atoms with Gasteiger partial charge in [-0.25, -0.2) is 4.39 Å². The van der Waals surface area contributed by atoms with Gasteiger partial charge in [-0.1, -0.05) is 63.8 Å². The Kier molecular flexibility index (Phi) is 14.6. The van der Waals surface area contributed by atoms with Crippen LogP contribution in [-0.2, 0) is 40.7 Å². The summed E-state index contributed by atoms with van der Waals surface area (Å²) in [5.41, 5.74) is -0.996. The van der Waals surface area contributed by atoms with Crippen molar-refractivity contribution < 1.29 is 47.1 Å². The van der Waals surface area contributed by atoms with Gasteiger partial charge in [0.2, 0.25) is 11.6 Å². The summed E-state index contributed by atoms with van der Waals surface area (Å²) in [5, 5.41) is 11.0. The average molecular weight is 657 g/mol. The van der Waals surface area contributed by atoms with Gasteiger partial charge in [0, 0.05) is 43.9 Å². The Morgan fingerprint density at radius 1 is 0.889 bits per heavy atom. The number of methoxy groups -OCH3 is 2. The zero-order chi connectivity index (χ0) is 33.0. The summed E-state index contributed by atoms with van der Waals surface area (Å²) in [6.45, 7) is 6.35. The van der Waals surface area contributed by atoms with Crippen LogP contribution >= 0.6 is 11.6 Å². The van der Waals surface area contributed by atoms with Gasteiger partial charge in [0.25, 0.3) is 0 Å². The van der Waals surface area contributed by atoms with E-state index in [-0.39, 0.29) is 17.7 Å². The molecule has 3 rings (SSSR count). The van der Waals surface area contributed by atoms with Gasteiger partial charge in [0.05, 0.1) is 13.7 Å². The molecule has 8 nitrogen and oxygen atoms in total. The lowest BCUT2D eigenvalue weighted by molar-refractivity contribution is -0.398. The number of benzene rings is 2. The first-order chi connectivity index (χ1) is 21.7. The number of unbranched alkanes of at least 4 members (excludes halogenated alkanes) is 3. The van der Waals surface area contributed by atoms with E-state index in [1.165, 1.54) is 26.4 Å². The number of carbonyl (C=O) groups excluding carboxylic acids is 1. The SMILES string of the molecule is CCCCO[C@@H]1[C@@H](OCCCC)[C@](OC)(c2ccc(Cl)c(Cc3ccc(OC)c(F)c3F)c2)O[C@](C=O)(CO)[C@H]1OCCCC. The van der Waals surface area contributed by atoms with Gasteiger partial charge in [-0.2, -0.15) is 4.39 Å². The van der Waals surface area contributed by atoms with Gasteiger partial charge in [0.15, 0.2) is 23.5 Å². The summed E-state index contributed by atoms with van der Waals surface area (Å²) in [5.74, 6) is -4.16. The predicted molar refractivity (Wildman–Crippen MR) is 167 cm³/mol. The van der Waals surface area contributed by atoms with Gasteiger partial charge in [-0.3, -0.25) is 4.79 Å². The number of aliphatic hydroxyl groups is 1. The molecule has 1 fully saturated rings. The molecule has 0 radical (unpaired) electrons. The van der Waals surface area contributed by atoms with Crippen molar-refractivity contribution in [2.45, 2.75) is 95.4 Å². The minimum absolute atomic E-state index is 0.0573. The Balaban J connectivity index is 2.20. The monoisotopic (exact) mass is 656 g/mol. The quantitative estimate of drug-likeness (QED) is 0.135. The third kappa shape index (κ3) is 8.22. The van der Waals surface area contributed by atoms with E-state index in [1.54, 1.807) is 18.2 Å². The van der Waals surface area contributed by atoms with Crippen molar-refractivity contribution in [3.05, 3.63) is 63.7 Å². The molecule has 0 unspecified atom stereocenters. The lowest BCUT2D eigenvalue weighted by Gasteiger charge is -2.55. The summed E-state index contributed by atoms with van der Waals surface area (Å²) >= 11 is 6.59. The van der Waals surface area contributed by atoms with Crippen LogP contribution in [0.1, 0.15) is 76.0 Å². The lowest BCUT2D eigenvalue weighted by Crippen LogP contribution is -2.72. The smallest absolute Gasteiger partial charge is 0.225 e. The van der Waals surface area contributed by atoms with Gasteiger partial charge < -0.3 is 33.5 Å². The van der Waals surface area contributed by atoms with E-state index >= 15 is 0 Å². The summed E-state index contributed by atoms with van der Waals surface area (Å²) in [4.78, 5) is 12.9. The molecule has 0 aromatic heterocycles. The summed E-state index contributed by atoms with van der Waals surface area (Å²) in [7, 11) is 2.67. The van der Waals surface area contributed by atoms with Crippen LogP contribution in [-0.4, -0.2) is 76.0 Å². The highest BCUT2D eigenvalue weighted by Gasteiger charge is 2.64. The van der Waals surface area contributed by atoms with Crippen LogP contribution in [0.5, 0.6) is 5.75 Å². The van der Waals surface area contributed by atoms with E-state index in [4.69, 9.17) is 40.0 Å². The molecule has 0 aliphatic carbocycles. The molecular formula is C34H47ClF2O8. The second-order valence-electron chi connectivity index (χ2n) is 11.2. The Bertz CT molecular complexity index is 1230. The summed E-state index contributed by atoms with van der Waals surface area (Å²) in [6, 6.07) is 7.68. The molecule has 0 amide bonds. The molecule has 2 aromatic rings. The number of rotatable bonds is 19. The summed E-state index contributed by atoms with van der Waals surface area (Å²) < 4.78 is 66.4. The van der Waals surface area contributed by atoms with Crippen LogP contribution in [0.3, 0.4) is 0 Å². The number of aliphatic hydroxyl groups excluding tert-OH is 1. The molecule has 1 N–H and O–H groups in total. The van der Waals surface area contributed by atoms with Crippen molar-refractivity contribution in [1.82, 2.24) is 0 Å². The molecule has 252 valence electrons. The first-order valence-electron chi connectivity index (χ1n) is 15.7. The molecule has 0 saturated carbocycles. The van der Waals surface area contributed by atoms with Crippen LogP contribution in [0.4, 0.5) is 8.78 Å². The first-order valence-corrected chi connectivity index (χ1v) is 16.1. The lowest BCUT2D eigenvalue weighted by atomic mass is 9.80. The van der Waals surface area contributed by atoms with Crippen molar-refractivity contribution in [2.24, 2.45) is 0 Å². The van der Waals surface area contributed by atoms with E-state index in [9.17, 15) is 18.7 Å². The minimum atomic E-state index is -1.88. The highest BCUT2D eigenvalue weighted by atomic mass is 35.5. The van der Waals surface area contributed by atoms with Gasteiger partial charge in [-0.05, 0) is 48.6 Å². The zero-order valence-corrected chi connectivity index (χ0v) is 27.7. The Morgan fingerprint density at radius 2 is 1.51 bits per heavy atom. The van der Waals surface area contributed by atoms with Crippen LogP contribution in [0.25, 0.3) is 0 Å². The van der Waals surface area contributed by atoms with Crippen molar-refractivity contribution in [3.63, 3.8) is 0 Å². The van der Waals surface area contributed by atoms with E-state index < -0.39 is 47.9 Å². The fraction of sp³-hybridized carbons (Fsp3) is 0.618. The number of ether oxygens (including phenoxy) is 6. The number of halogens is 3. The Labute approximate surface area is 270 Å². The fourth-order valence-corrected chi connectivity index (χ4v) is 5.67. The highest BCUT2D eigenvalue weighted by Crippen LogP contribution is 2.47. The molecule has 0 bridgehead atoms. The topological polar surface area (TPSA) is 92.7 Å². The van der Waals surface area contributed by atoms with Crippen LogP contribution in [0.2, 0.25) is 5.02 Å². The molecule has 5 atom stereocenters. The third-order valence-corrected chi connectivity index (χ3v) is 8.49.